The minimum absolute atomic E-state index is 0.255. The maximum atomic E-state index is 12.5. The Hall–Kier alpha value is -3.02. The maximum absolute atomic E-state index is 12.5. The lowest BCUT2D eigenvalue weighted by Gasteiger charge is -2.25. The standard InChI is InChI=1S/C21H24N2O4/c1-26-17-10-5-14(13-18(17)27-2)19(24)23-16-8-6-15(7-9-16)21(20(22)25)11-3-4-12-21/h5-10,13H,3-4,11-12H2,1-2H3,(H2,22,25)(H,23,24). The van der Waals surface area contributed by atoms with Gasteiger partial charge in [0.2, 0.25) is 5.91 Å². The smallest absolute Gasteiger partial charge is 0.255 e. The average Bonchev–Trinajstić information content (AvgIpc) is 3.19. The Morgan fingerprint density at radius 3 is 2.15 bits per heavy atom. The number of hydrogen-bond donors (Lipinski definition) is 2. The van der Waals surface area contributed by atoms with Crippen molar-refractivity contribution >= 4 is 17.5 Å². The predicted octanol–water partition coefficient (Wildman–Crippen LogP) is 3.25. The molecule has 1 saturated carbocycles. The number of nitrogens with one attached hydrogen (secondary N) is 1. The van der Waals surface area contributed by atoms with Gasteiger partial charge in [-0.2, -0.15) is 0 Å². The SMILES string of the molecule is COc1ccc(C(=O)Nc2ccc(C3(C(N)=O)CCCC3)cc2)cc1OC. The maximum Gasteiger partial charge on any atom is 0.255 e. The Balaban J connectivity index is 1.77. The summed E-state index contributed by atoms with van der Waals surface area (Å²) in [6.45, 7) is 0. The molecule has 0 heterocycles. The van der Waals surface area contributed by atoms with Gasteiger partial charge in [0.25, 0.3) is 5.91 Å². The van der Waals surface area contributed by atoms with Crippen LogP contribution < -0.4 is 20.5 Å². The quantitative estimate of drug-likeness (QED) is 0.819. The number of amides is 2. The van der Waals surface area contributed by atoms with Crippen molar-refractivity contribution < 1.29 is 19.1 Å². The lowest BCUT2D eigenvalue weighted by molar-refractivity contribution is -0.123. The third-order valence-electron chi connectivity index (χ3n) is 5.27. The van der Waals surface area contributed by atoms with E-state index in [9.17, 15) is 9.59 Å². The molecule has 2 amide bonds. The van der Waals surface area contributed by atoms with Crippen LogP contribution in [0.1, 0.15) is 41.6 Å². The van der Waals surface area contributed by atoms with Gasteiger partial charge in [0.15, 0.2) is 11.5 Å². The van der Waals surface area contributed by atoms with E-state index in [0.29, 0.717) is 22.7 Å². The zero-order valence-corrected chi connectivity index (χ0v) is 15.6. The first-order valence-corrected chi connectivity index (χ1v) is 8.94. The van der Waals surface area contributed by atoms with E-state index in [1.165, 1.54) is 7.11 Å². The second-order valence-corrected chi connectivity index (χ2v) is 6.75. The van der Waals surface area contributed by atoms with Crippen LogP contribution >= 0.6 is 0 Å². The van der Waals surface area contributed by atoms with Crippen molar-refractivity contribution in [1.82, 2.24) is 0 Å². The first-order valence-electron chi connectivity index (χ1n) is 8.94. The lowest BCUT2D eigenvalue weighted by Crippen LogP contribution is -2.38. The van der Waals surface area contributed by atoms with Crippen molar-refractivity contribution in [3.05, 3.63) is 53.6 Å². The first-order chi connectivity index (χ1) is 13.0. The molecular formula is C21H24N2O4. The Kier molecular flexibility index (Phi) is 5.35. The largest absolute Gasteiger partial charge is 0.493 e. The summed E-state index contributed by atoms with van der Waals surface area (Å²) in [6.07, 6.45) is 3.56. The predicted molar refractivity (Wildman–Crippen MR) is 103 cm³/mol. The molecular weight excluding hydrogens is 344 g/mol. The third-order valence-corrected chi connectivity index (χ3v) is 5.27. The first kappa shape index (κ1) is 18.8. The molecule has 0 aliphatic heterocycles. The molecule has 3 N–H and O–H groups in total. The summed E-state index contributed by atoms with van der Waals surface area (Å²) in [5.41, 5.74) is 7.12. The van der Waals surface area contributed by atoms with Gasteiger partial charge in [-0.15, -0.1) is 0 Å². The van der Waals surface area contributed by atoms with Crippen molar-refractivity contribution in [2.24, 2.45) is 5.73 Å². The number of carbonyl (C=O) groups is 2. The van der Waals surface area contributed by atoms with Crippen LogP contribution in [0.25, 0.3) is 0 Å². The van der Waals surface area contributed by atoms with Gasteiger partial charge in [-0.1, -0.05) is 25.0 Å². The fourth-order valence-electron chi connectivity index (χ4n) is 3.71. The zero-order chi connectivity index (χ0) is 19.4. The normalized spacial score (nSPS) is 15.2. The molecule has 1 aliphatic carbocycles. The van der Waals surface area contributed by atoms with Gasteiger partial charge in [0.1, 0.15) is 0 Å². The molecule has 0 spiro atoms. The van der Waals surface area contributed by atoms with Crippen molar-refractivity contribution in [1.29, 1.82) is 0 Å². The molecule has 0 atom stereocenters. The number of hydrogen-bond acceptors (Lipinski definition) is 4. The number of benzene rings is 2. The molecule has 2 aromatic rings. The Bertz CT molecular complexity index is 840. The topological polar surface area (TPSA) is 90.6 Å². The summed E-state index contributed by atoms with van der Waals surface area (Å²) in [6, 6.07) is 12.3. The van der Waals surface area contributed by atoms with E-state index >= 15 is 0 Å². The van der Waals surface area contributed by atoms with Gasteiger partial charge in [-0.25, -0.2) is 0 Å². The van der Waals surface area contributed by atoms with E-state index in [4.69, 9.17) is 15.2 Å². The van der Waals surface area contributed by atoms with Gasteiger partial charge < -0.3 is 20.5 Å². The zero-order valence-electron chi connectivity index (χ0n) is 15.6. The van der Waals surface area contributed by atoms with E-state index in [1.54, 1.807) is 37.4 Å². The fraction of sp³-hybridized carbons (Fsp3) is 0.333. The molecule has 6 nitrogen and oxygen atoms in total. The van der Waals surface area contributed by atoms with Crippen molar-refractivity contribution in [2.45, 2.75) is 31.1 Å². The van der Waals surface area contributed by atoms with E-state index in [0.717, 1.165) is 31.2 Å². The van der Waals surface area contributed by atoms with Crippen molar-refractivity contribution in [2.75, 3.05) is 19.5 Å². The number of primary amides is 1. The van der Waals surface area contributed by atoms with Gasteiger partial charge in [-0.3, -0.25) is 9.59 Å². The number of methoxy groups -OCH3 is 2. The molecule has 6 heteroatoms. The Labute approximate surface area is 158 Å². The van der Waals surface area contributed by atoms with E-state index in [-0.39, 0.29) is 11.8 Å². The summed E-state index contributed by atoms with van der Waals surface area (Å²) in [5, 5.41) is 2.86. The van der Waals surface area contributed by atoms with Crippen LogP contribution in [0.2, 0.25) is 0 Å². The summed E-state index contributed by atoms with van der Waals surface area (Å²) < 4.78 is 10.4. The van der Waals surface area contributed by atoms with Gasteiger partial charge >= 0.3 is 0 Å². The molecule has 142 valence electrons. The summed E-state index contributed by atoms with van der Waals surface area (Å²) >= 11 is 0. The second kappa shape index (κ2) is 7.70. The number of carbonyl (C=O) groups excluding carboxylic acids is 2. The van der Waals surface area contributed by atoms with E-state index in [1.807, 2.05) is 12.1 Å². The molecule has 0 radical (unpaired) electrons. The highest BCUT2D eigenvalue weighted by molar-refractivity contribution is 6.04. The van der Waals surface area contributed by atoms with Crippen LogP contribution in [-0.4, -0.2) is 26.0 Å². The highest BCUT2D eigenvalue weighted by Gasteiger charge is 2.41. The van der Waals surface area contributed by atoms with Gasteiger partial charge in [0.05, 0.1) is 19.6 Å². The summed E-state index contributed by atoms with van der Waals surface area (Å²) in [4.78, 5) is 24.5. The van der Waals surface area contributed by atoms with Crippen molar-refractivity contribution in [3.63, 3.8) is 0 Å². The van der Waals surface area contributed by atoms with Crippen LogP contribution in [0.3, 0.4) is 0 Å². The molecule has 1 aliphatic rings. The summed E-state index contributed by atoms with van der Waals surface area (Å²) in [7, 11) is 3.07. The molecule has 27 heavy (non-hydrogen) atoms. The van der Waals surface area contributed by atoms with E-state index < -0.39 is 5.41 Å². The molecule has 0 aromatic heterocycles. The molecule has 0 saturated heterocycles. The van der Waals surface area contributed by atoms with E-state index in [2.05, 4.69) is 5.32 Å². The molecule has 2 aromatic carbocycles. The van der Waals surface area contributed by atoms with Crippen LogP contribution in [0.15, 0.2) is 42.5 Å². The van der Waals surface area contributed by atoms with Crippen LogP contribution in [0.5, 0.6) is 11.5 Å². The fourth-order valence-corrected chi connectivity index (χ4v) is 3.71. The number of anilines is 1. The number of rotatable bonds is 6. The van der Waals surface area contributed by atoms with Crippen LogP contribution in [-0.2, 0) is 10.2 Å². The highest BCUT2D eigenvalue weighted by Crippen LogP contribution is 2.41. The highest BCUT2D eigenvalue weighted by atomic mass is 16.5. The Morgan fingerprint density at radius 2 is 1.59 bits per heavy atom. The lowest BCUT2D eigenvalue weighted by atomic mass is 9.78. The second-order valence-electron chi connectivity index (χ2n) is 6.75. The van der Waals surface area contributed by atoms with Gasteiger partial charge in [0, 0.05) is 11.3 Å². The average molecular weight is 368 g/mol. The third kappa shape index (κ3) is 3.60. The molecule has 3 rings (SSSR count). The number of ether oxygens (including phenoxy) is 2. The minimum Gasteiger partial charge on any atom is -0.493 e. The van der Waals surface area contributed by atoms with Crippen LogP contribution in [0, 0.1) is 0 Å². The Morgan fingerprint density at radius 1 is 0.963 bits per heavy atom. The summed E-state index contributed by atoms with van der Waals surface area (Å²) in [5.74, 6) is 0.521. The monoisotopic (exact) mass is 368 g/mol. The van der Waals surface area contributed by atoms with Crippen LogP contribution in [0.4, 0.5) is 5.69 Å². The van der Waals surface area contributed by atoms with Gasteiger partial charge in [-0.05, 0) is 48.7 Å². The molecule has 1 fully saturated rings. The molecule has 0 bridgehead atoms. The minimum atomic E-state index is -0.577. The number of nitrogens with two attached hydrogens (primary N) is 1. The molecule has 0 unspecified atom stereocenters. The van der Waals surface area contributed by atoms with Crippen molar-refractivity contribution in [3.8, 4) is 11.5 Å².